The molecule has 23 heavy (non-hydrogen) atoms. The standard InChI is InChI=1S/C15H17NO7/c1-3-22-13(18)8-12(15(20)21)16-14(19)10-4-6-11(7-5-10)23-9(2)17/h4-7,12H,3,8H2,1-2H3,(H,16,19)(H,20,21)/t12-/m1/s1. The number of carbonyl (C=O) groups is 4. The number of carbonyl (C=O) groups excluding carboxylic acids is 3. The van der Waals surface area contributed by atoms with E-state index in [0.29, 0.717) is 0 Å². The minimum absolute atomic E-state index is 0.122. The fourth-order valence-corrected chi connectivity index (χ4v) is 1.67. The summed E-state index contributed by atoms with van der Waals surface area (Å²) in [6, 6.07) is 4.15. The molecule has 0 saturated heterocycles. The molecule has 0 unspecified atom stereocenters. The van der Waals surface area contributed by atoms with Crippen LogP contribution in [0.4, 0.5) is 0 Å². The normalized spacial score (nSPS) is 11.2. The van der Waals surface area contributed by atoms with Crippen LogP contribution in [0.15, 0.2) is 24.3 Å². The Labute approximate surface area is 132 Å². The van der Waals surface area contributed by atoms with Crippen LogP contribution in [0.25, 0.3) is 0 Å². The third-order valence-corrected chi connectivity index (χ3v) is 2.66. The van der Waals surface area contributed by atoms with E-state index in [4.69, 9.17) is 9.84 Å². The highest BCUT2D eigenvalue weighted by Gasteiger charge is 2.24. The lowest BCUT2D eigenvalue weighted by molar-refractivity contribution is -0.149. The van der Waals surface area contributed by atoms with E-state index in [2.05, 4.69) is 10.1 Å². The second-order valence-corrected chi connectivity index (χ2v) is 4.49. The van der Waals surface area contributed by atoms with Crippen LogP contribution in [0.3, 0.4) is 0 Å². The lowest BCUT2D eigenvalue weighted by Crippen LogP contribution is -2.42. The molecule has 0 bridgehead atoms. The highest BCUT2D eigenvalue weighted by Crippen LogP contribution is 2.12. The topological polar surface area (TPSA) is 119 Å². The van der Waals surface area contributed by atoms with Crippen molar-refractivity contribution in [3.63, 3.8) is 0 Å². The van der Waals surface area contributed by atoms with Crippen molar-refractivity contribution in [3.05, 3.63) is 29.8 Å². The molecular weight excluding hydrogens is 306 g/mol. The van der Waals surface area contributed by atoms with Crippen LogP contribution >= 0.6 is 0 Å². The molecule has 124 valence electrons. The lowest BCUT2D eigenvalue weighted by atomic mass is 10.1. The number of hydrogen-bond acceptors (Lipinski definition) is 6. The van der Waals surface area contributed by atoms with Crippen LogP contribution in [0.5, 0.6) is 5.75 Å². The molecule has 0 aromatic heterocycles. The van der Waals surface area contributed by atoms with Gasteiger partial charge in [-0.15, -0.1) is 0 Å². The van der Waals surface area contributed by atoms with Crippen LogP contribution in [0, 0.1) is 0 Å². The maximum absolute atomic E-state index is 12.0. The SMILES string of the molecule is CCOC(=O)C[C@@H](NC(=O)c1ccc(OC(C)=O)cc1)C(=O)O. The molecule has 1 amide bonds. The van der Waals surface area contributed by atoms with Crippen LogP contribution in [-0.4, -0.2) is 41.6 Å². The van der Waals surface area contributed by atoms with Crippen LogP contribution in [0.2, 0.25) is 0 Å². The van der Waals surface area contributed by atoms with Crippen LogP contribution < -0.4 is 10.1 Å². The number of carboxylic acid groups (broad SMARTS) is 1. The van der Waals surface area contributed by atoms with E-state index in [1.54, 1.807) is 6.92 Å². The zero-order valence-electron chi connectivity index (χ0n) is 12.7. The zero-order chi connectivity index (χ0) is 17.4. The van der Waals surface area contributed by atoms with E-state index >= 15 is 0 Å². The average molecular weight is 323 g/mol. The zero-order valence-corrected chi connectivity index (χ0v) is 12.7. The van der Waals surface area contributed by atoms with Crippen molar-refractivity contribution in [2.45, 2.75) is 26.3 Å². The van der Waals surface area contributed by atoms with Crippen molar-refractivity contribution in [2.75, 3.05) is 6.61 Å². The van der Waals surface area contributed by atoms with E-state index in [1.165, 1.54) is 31.2 Å². The first-order chi connectivity index (χ1) is 10.8. The van der Waals surface area contributed by atoms with Gasteiger partial charge in [0.25, 0.3) is 5.91 Å². The second-order valence-electron chi connectivity index (χ2n) is 4.49. The van der Waals surface area contributed by atoms with Crippen molar-refractivity contribution < 1.29 is 33.8 Å². The summed E-state index contributed by atoms with van der Waals surface area (Å²) in [4.78, 5) is 45.2. The van der Waals surface area contributed by atoms with Gasteiger partial charge in [0, 0.05) is 12.5 Å². The predicted octanol–water partition coefficient (Wildman–Crippen LogP) is 0.748. The van der Waals surface area contributed by atoms with Gasteiger partial charge in [-0.2, -0.15) is 0 Å². The predicted molar refractivity (Wildman–Crippen MR) is 77.9 cm³/mol. The average Bonchev–Trinajstić information content (AvgIpc) is 2.46. The minimum Gasteiger partial charge on any atom is -0.480 e. The third kappa shape index (κ3) is 6.16. The van der Waals surface area contributed by atoms with Crippen LogP contribution in [-0.2, 0) is 19.1 Å². The van der Waals surface area contributed by atoms with E-state index in [-0.39, 0.29) is 17.9 Å². The second kappa shape index (κ2) is 8.52. The summed E-state index contributed by atoms with van der Waals surface area (Å²) < 4.78 is 9.48. The van der Waals surface area contributed by atoms with Crippen molar-refractivity contribution in [1.82, 2.24) is 5.32 Å². The van der Waals surface area contributed by atoms with E-state index in [9.17, 15) is 19.2 Å². The molecule has 0 aliphatic carbocycles. The number of amides is 1. The van der Waals surface area contributed by atoms with Gasteiger partial charge in [0.2, 0.25) is 0 Å². The lowest BCUT2D eigenvalue weighted by Gasteiger charge is -2.14. The van der Waals surface area contributed by atoms with Crippen molar-refractivity contribution in [1.29, 1.82) is 0 Å². The quantitative estimate of drug-likeness (QED) is 0.561. The Kier molecular flexibility index (Phi) is 6.72. The Morgan fingerprint density at radius 1 is 1.17 bits per heavy atom. The van der Waals surface area contributed by atoms with Gasteiger partial charge < -0.3 is 19.9 Å². The highest BCUT2D eigenvalue weighted by molar-refractivity contribution is 5.97. The molecule has 8 nitrogen and oxygen atoms in total. The summed E-state index contributed by atoms with van der Waals surface area (Å²) in [6.45, 7) is 2.96. The first-order valence-corrected chi connectivity index (χ1v) is 6.81. The molecule has 1 rings (SSSR count). The first kappa shape index (κ1) is 18.1. The molecule has 2 N–H and O–H groups in total. The molecule has 1 aromatic carbocycles. The van der Waals surface area contributed by atoms with Gasteiger partial charge in [-0.1, -0.05) is 0 Å². The summed E-state index contributed by atoms with van der Waals surface area (Å²) in [7, 11) is 0. The summed E-state index contributed by atoms with van der Waals surface area (Å²) in [5, 5.41) is 11.3. The number of carboxylic acids is 1. The van der Waals surface area contributed by atoms with Gasteiger partial charge in [0.05, 0.1) is 13.0 Å². The van der Waals surface area contributed by atoms with E-state index in [1.807, 2.05) is 0 Å². The molecular formula is C15H17NO7. The van der Waals surface area contributed by atoms with E-state index < -0.39 is 36.3 Å². The molecule has 1 aromatic rings. The van der Waals surface area contributed by atoms with Crippen LogP contribution in [0.1, 0.15) is 30.6 Å². The Bertz CT molecular complexity index is 594. The van der Waals surface area contributed by atoms with Gasteiger partial charge in [0.15, 0.2) is 0 Å². The Balaban J connectivity index is 2.73. The molecule has 0 aliphatic rings. The molecule has 0 fully saturated rings. The van der Waals surface area contributed by atoms with Gasteiger partial charge >= 0.3 is 17.9 Å². The smallest absolute Gasteiger partial charge is 0.326 e. The molecule has 0 heterocycles. The van der Waals surface area contributed by atoms with Crippen molar-refractivity contribution in [2.24, 2.45) is 0 Å². The van der Waals surface area contributed by atoms with Gasteiger partial charge in [0.1, 0.15) is 11.8 Å². The first-order valence-electron chi connectivity index (χ1n) is 6.81. The third-order valence-electron chi connectivity index (χ3n) is 2.66. The molecule has 8 heteroatoms. The molecule has 0 saturated carbocycles. The van der Waals surface area contributed by atoms with Gasteiger partial charge in [-0.05, 0) is 31.2 Å². The maximum Gasteiger partial charge on any atom is 0.326 e. The minimum atomic E-state index is -1.39. The fraction of sp³-hybridized carbons (Fsp3) is 0.333. The Morgan fingerprint density at radius 3 is 2.26 bits per heavy atom. The summed E-state index contributed by atoms with van der Waals surface area (Å²) >= 11 is 0. The Hall–Kier alpha value is -2.90. The fourth-order valence-electron chi connectivity index (χ4n) is 1.67. The number of hydrogen-bond donors (Lipinski definition) is 2. The Morgan fingerprint density at radius 2 is 1.78 bits per heavy atom. The number of esters is 2. The molecule has 0 aliphatic heterocycles. The number of rotatable bonds is 7. The molecule has 1 atom stereocenters. The van der Waals surface area contributed by atoms with E-state index in [0.717, 1.165) is 0 Å². The monoisotopic (exact) mass is 323 g/mol. The number of benzene rings is 1. The summed E-state index contributed by atoms with van der Waals surface area (Å²) in [5.41, 5.74) is 0.163. The highest BCUT2D eigenvalue weighted by atomic mass is 16.5. The maximum atomic E-state index is 12.0. The largest absolute Gasteiger partial charge is 0.480 e. The number of nitrogens with one attached hydrogen (secondary N) is 1. The van der Waals surface area contributed by atoms with Crippen molar-refractivity contribution >= 4 is 23.8 Å². The number of aliphatic carboxylic acids is 1. The van der Waals surface area contributed by atoms with Gasteiger partial charge in [-0.3, -0.25) is 14.4 Å². The van der Waals surface area contributed by atoms with Gasteiger partial charge in [-0.25, -0.2) is 4.79 Å². The van der Waals surface area contributed by atoms with Crippen molar-refractivity contribution in [3.8, 4) is 5.75 Å². The summed E-state index contributed by atoms with van der Waals surface area (Å²) in [5.74, 6) is -2.97. The molecule has 0 radical (unpaired) electrons. The molecule has 0 spiro atoms. The summed E-state index contributed by atoms with van der Waals surface area (Å²) in [6.07, 6.45) is -0.472. The number of ether oxygens (including phenoxy) is 2.